The molecule has 0 spiro atoms. The zero-order chi connectivity index (χ0) is 41.6. The highest BCUT2D eigenvalue weighted by atomic mass is 28.3. The monoisotopic (exact) mass is 807 g/mol. The van der Waals surface area contributed by atoms with E-state index in [2.05, 4.69) is 278 Å². The van der Waals surface area contributed by atoms with Crippen LogP contribution in [-0.2, 0) is 0 Å². The first-order valence-electron chi connectivity index (χ1n) is 21.3. The summed E-state index contributed by atoms with van der Waals surface area (Å²) in [6.45, 7) is 0. The molecule has 0 atom stereocenters. The highest BCUT2D eigenvalue weighted by Crippen LogP contribution is 2.39. The van der Waals surface area contributed by atoms with Crippen LogP contribution in [0.5, 0.6) is 0 Å². The molecule has 0 unspecified atom stereocenters. The van der Waals surface area contributed by atoms with E-state index in [0.717, 1.165) is 17.1 Å². The molecular formula is C60H45NSi. The Hall–Kier alpha value is -7.78. The van der Waals surface area contributed by atoms with Crippen LogP contribution in [0.1, 0.15) is 0 Å². The van der Waals surface area contributed by atoms with Crippen molar-refractivity contribution >= 4 is 45.9 Å². The van der Waals surface area contributed by atoms with Crippen LogP contribution < -0.4 is 25.6 Å². The van der Waals surface area contributed by atoms with Crippen molar-refractivity contribution in [3.8, 4) is 44.5 Å². The van der Waals surface area contributed by atoms with E-state index in [1.54, 1.807) is 0 Å². The molecule has 0 N–H and O–H groups in total. The molecule has 0 saturated carbocycles. The second kappa shape index (κ2) is 17.4. The zero-order valence-corrected chi connectivity index (χ0v) is 35.4. The maximum Gasteiger partial charge on any atom is 0.179 e. The number of anilines is 3. The minimum absolute atomic E-state index is 1.09. The molecule has 0 bridgehead atoms. The summed E-state index contributed by atoms with van der Waals surface area (Å²) in [6, 6.07) is 99.8. The lowest BCUT2D eigenvalue weighted by atomic mass is 9.91. The molecule has 0 saturated heterocycles. The Balaban J connectivity index is 1.12. The fourth-order valence-corrected chi connectivity index (χ4v) is 13.9. The lowest BCUT2D eigenvalue weighted by molar-refractivity contribution is 1.29. The molecule has 10 aromatic carbocycles. The summed E-state index contributed by atoms with van der Waals surface area (Å²) in [7, 11) is -2.77. The van der Waals surface area contributed by atoms with Crippen LogP contribution in [0.2, 0.25) is 0 Å². The van der Waals surface area contributed by atoms with Crippen LogP contribution in [0.15, 0.2) is 273 Å². The average Bonchev–Trinajstić information content (AvgIpc) is 3.37. The molecule has 0 amide bonds. The number of rotatable bonds is 11. The van der Waals surface area contributed by atoms with Gasteiger partial charge < -0.3 is 4.90 Å². The molecular weight excluding hydrogens is 763 g/mol. The topological polar surface area (TPSA) is 3.24 Å². The molecule has 0 aromatic heterocycles. The molecule has 1 nitrogen and oxygen atoms in total. The third-order valence-electron chi connectivity index (χ3n) is 12.0. The smallest absolute Gasteiger partial charge is 0.179 e. The van der Waals surface area contributed by atoms with Gasteiger partial charge in [-0.1, -0.05) is 231 Å². The number of hydrogen-bond donors (Lipinski definition) is 0. The van der Waals surface area contributed by atoms with Gasteiger partial charge in [-0.15, -0.1) is 0 Å². The van der Waals surface area contributed by atoms with Crippen molar-refractivity contribution in [2.45, 2.75) is 0 Å². The summed E-state index contributed by atoms with van der Waals surface area (Å²) in [6.07, 6.45) is 0. The van der Waals surface area contributed by atoms with Gasteiger partial charge in [0, 0.05) is 17.1 Å². The quantitative estimate of drug-likeness (QED) is 0.0929. The van der Waals surface area contributed by atoms with Crippen LogP contribution in [-0.4, -0.2) is 8.07 Å². The van der Waals surface area contributed by atoms with Gasteiger partial charge in [-0.2, -0.15) is 0 Å². The van der Waals surface area contributed by atoms with Crippen molar-refractivity contribution < 1.29 is 0 Å². The van der Waals surface area contributed by atoms with E-state index in [4.69, 9.17) is 0 Å². The maximum absolute atomic E-state index is 2.77. The molecule has 2 heteroatoms. The lowest BCUT2D eigenvalue weighted by Crippen LogP contribution is -2.74. The number of nitrogens with zero attached hydrogens (tertiary/aromatic N) is 1. The molecule has 294 valence electrons. The van der Waals surface area contributed by atoms with Crippen LogP contribution >= 0.6 is 0 Å². The third kappa shape index (κ3) is 7.49. The second-order valence-electron chi connectivity index (χ2n) is 15.7. The summed E-state index contributed by atoms with van der Waals surface area (Å²) in [5.41, 5.74) is 12.9. The number of benzene rings is 10. The zero-order valence-electron chi connectivity index (χ0n) is 34.4. The first-order valence-corrected chi connectivity index (χ1v) is 23.3. The minimum Gasteiger partial charge on any atom is -0.311 e. The van der Waals surface area contributed by atoms with Crippen molar-refractivity contribution in [2.75, 3.05) is 4.90 Å². The van der Waals surface area contributed by atoms with E-state index in [-0.39, 0.29) is 0 Å². The van der Waals surface area contributed by atoms with E-state index in [9.17, 15) is 0 Å². The Morgan fingerprint density at radius 3 is 1.03 bits per heavy atom. The van der Waals surface area contributed by atoms with E-state index in [1.165, 1.54) is 65.3 Å². The molecule has 10 rings (SSSR count). The standard InChI is InChI=1S/C60H45NSi/c1-7-20-46(21-8-1)47-34-39-52(40-35-47)61(53-41-36-48(37-42-53)51-38-43-59(49-22-9-2-10-23-49)60(44-51)50-24-11-3-12-25-50)54-26-19-33-58(45-54)62(55-27-13-4-14-28-55,56-29-15-5-16-30-56)57-31-17-6-18-32-57/h1-45H. The van der Waals surface area contributed by atoms with Gasteiger partial charge in [0.1, 0.15) is 0 Å². The maximum atomic E-state index is 2.45. The Morgan fingerprint density at radius 1 is 0.210 bits per heavy atom. The summed E-state index contributed by atoms with van der Waals surface area (Å²) >= 11 is 0. The SMILES string of the molecule is c1ccc(-c2ccc(N(c3ccc(-c4ccc(-c5ccccc5)c(-c5ccccc5)c4)cc3)c3cccc([Si](c4ccccc4)(c4ccccc4)c4ccccc4)c3)cc2)cc1. The normalized spacial score (nSPS) is 11.2. The Kier molecular flexibility index (Phi) is 10.8. The highest BCUT2D eigenvalue weighted by molar-refractivity contribution is 7.19. The fraction of sp³-hybridized carbons (Fsp3) is 0. The Morgan fingerprint density at radius 2 is 0.565 bits per heavy atom. The van der Waals surface area contributed by atoms with Crippen LogP contribution in [0.25, 0.3) is 44.5 Å². The molecule has 0 aliphatic carbocycles. The molecule has 0 radical (unpaired) electrons. The summed E-state index contributed by atoms with van der Waals surface area (Å²) in [5, 5.41) is 5.38. The van der Waals surface area contributed by atoms with Crippen LogP contribution in [0.4, 0.5) is 17.1 Å². The van der Waals surface area contributed by atoms with Gasteiger partial charge in [-0.05, 0) is 108 Å². The summed E-state index contributed by atoms with van der Waals surface area (Å²) in [5.74, 6) is 0. The van der Waals surface area contributed by atoms with E-state index in [1.807, 2.05) is 0 Å². The van der Waals surface area contributed by atoms with Gasteiger partial charge in [-0.25, -0.2) is 0 Å². The summed E-state index contributed by atoms with van der Waals surface area (Å²) < 4.78 is 0. The van der Waals surface area contributed by atoms with Crippen molar-refractivity contribution in [1.82, 2.24) is 0 Å². The van der Waals surface area contributed by atoms with Gasteiger partial charge in [0.15, 0.2) is 8.07 Å². The van der Waals surface area contributed by atoms with Gasteiger partial charge in [-0.3, -0.25) is 0 Å². The van der Waals surface area contributed by atoms with Crippen molar-refractivity contribution in [3.63, 3.8) is 0 Å². The first-order chi connectivity index (χ1) is 30.8. The van der Waals surface area contributed by atoms with Crippen molar-refractivity contribution in [2.24, 2.45) is 0 Å². The fourth-order valence-electron chi connectivity index (χ4n) is 9.08. The molecule has 0 heterocycles. The van der Waals surface area contributed by atoms with Gasteiger partial charge in [0.2, 0.25) is 0 Å². The Labute approximate surface area is 366 Å². The van der Waals surface area contributed by atoms with Gasteiger partial charge in [0.25, 0.3) is 0 Å². The van der Waals surface area contributed by atoms with Crippen molar-refractivity contribution in [1.29, 1.82) is 0 Å². The molecule has 0 fully saturated rings. The number of hydrogen-bond acceptors (Lipinski definition) is 1. The van der Waals surface area contributed by atoms with Crippen LogP contribution in [0.3, 0.4) is 0 Å². The van der Waals surface area contributed by atoms with E-state index < -0.39 is 8.07 Å². The molecule has 62 heavy (non-hydrogen) atoms. The molecule has 0 aliphatic heterocycles. The van der Waals surface area contributed by atoms with Gasteiger partial charge in [0.05, 0.1) is 0 Å². The second-order valence-corrected chi connectivity index (χ2v) is 19.5. The lowest BCUT2D eigenvalue weighted by Gasteiger charge is -2.35. The van der Waals surface area contributed by atoms with Crippen molar-refractivity contribution in [3.05, 3.63) is 273 Å². The Bertz CT molecular complexity index is 2910. The highest BCUT2D eigenvalue weighted by Gasteiger charge is 2.41. The largest absolute Gasteiger partial charge is 0.311 e. The van der Waals surface area contributed by atoms with Gasteiger partial charge >= 0.3 is 0 Å². The van der Waals surface area contributed by atoms with E-state index in [0.29, 0.717) is 0 Å². The predicted octanol–water partition coefficient (Wildman–Crippen LogP) is 13.2. The minimum atomic E-state index is -2.77. The van der Waals surface area contributed by atoms with Crippen LogP contribution in [0, 0.1) is 0 Å². The average molecular weight is 808 g/mol. The first kappa shape index (κ1) is 38.4. The molecule has 10 aromatic rings. The predicted molar refractivity (Wildman–Crippen MR) is 266 cm³/mol. The summed E-state index contributed by atoms with van der Waals surface area (Å²) in [4.78, 5) is 2.41. The van der Waals surface area contributed by atoms with E-state index >= 15 is 0 Å². The molecule has 0 aliphatic rings. The third-order valence-corrected chi connectivity index (χ3v) is 16.8.